The van der Waals surface area contributed by atoms with Crippen LogP contribution in [0.1, 0.15) is 25.7 Å². The first kappa shape index (κ1) is 14.2. The van der Waals surface area contributed by atoms with Gasteiger partial charge in [0.15, 0.2) is 0 Å². The average Bonchev–Trinajstić information content (AvgIpc) is 2.53. The summed E-state index contributed by atoms with van der Waals surface area (Å²) in [6.07, 6.45) is 2.08. The fourth-order valence-corrected chi connectivity index (χ4v) is 3.20. The summed E-state index contributed by atoms with van der Waals surface area (Å²) < 4.78 is 30.9. The second kappa shape index (κ2) is 6.18. The number of carbonyl (C=O) groups excluding carboxylic acids is 1. The molecule has 1 rings (SSSR count). The smallest absolute Gasteiger partial charge is 0.421 e. The number of rotatable bonds is 3. The number of carbonyl (C=O) groups is 1. The van der Waals surface area contributed by atoms with E-state index in [9.17, 15) is 18.3 Å². The molecule has 1 unspecified atom stereocenters. The van der Waals surface area contributed by atoms with Gasteiger partial charge in [-0.2, -0.15) is 12.7 Å². The maximum Gasteiger partial charge on any atom is 0.421 e. The van der Waals surface area contributed by atoms with Gasteiger partial charge in [-0.05, 0) is 12.8 Å². The van der Waals surface area contributed by atoms with Crippen molar-refractivity contribution in [3.63, 3.8) is 0 Å². The van der Waals surface area contributed by atoms with Crippen LogP contribution in [0, 0.1) is 0 Å². The number of aliphatic hydroxyl groups is 1. The highest BCUT2D eigenvalue weighted by Crippen LogP contribution is 2.18. The molecule has 100 valence electrons. The van der Waals surface area contributed by atoms with Crippen molar-refractivity contribution in [3.05, 3.63) is 0 Å². The van der Waals surface area contributed by atoms with Crippen molar-refractivity contribution < 1.29 is 23.1 Å². The summed E-state index contributed by atoms with van der Waals surface area (Å²) in [5.41, 5.74) is 0. The van der Waals surface area contributed by atoms with E-state index in [0.717, 1.165) is 30.7 Å². The van der Waals surface area contributed by atoms with Crippen molar-refractivity contribution >= 4 is 16.3 Å². The number of nitrogens with one attached hydrogen (secondary N) is 1. The fourth-order valence-electron chi connectivity index (χ4n) is 1.86. The van der Waals surface area contributed by atoms with Gasteiger partial charge in [-0.25, -0.2) is 9.52 Å². The standard InChI is InChI=1S/C9H18N2O5S/c1-16-9(13)10-17(14,15)11-6-4-2-3-5-8(11)7-12/h8,12H,2-7H2,1H3,(H,10,13). The fraction of sp³-hybridized carbons (Fsp3) is 0.889. The Bertz CT molecular complexity index is 356. The SMILES string of the molecule is COC(=O)NS(=O)(=O)N1CCCCCC1CO. The van der Waals surface area contributed by atoms with E-state index in [4.69, 9.17) is 0 Å². The number of methoxy groups -OCH3 is 1. The van der Waals surface area contributed by atoms with Crippen LogP contribution in [0.5, 0.6) is 0 Å². The van der Waals surface area contributed by atoms with Gasteiger partial charge in [-0.3, -0.25) is 0 Å². The van der Waals surface area contributed by atoms with E-state index >= 15 is 0 Å². The van der Waals surface area contributed by atoms with Gasteiger partial charge < -0.3 is 9.84 Å². The molecule has 0 radical (unpaired) electrons. The van der Waals surface area contributed by atoms with Crippen molar-refractivity contribution in [3.8, 4) is 0 Å². The van der Waals surface area contributed by atoms with Crippen LogP contribution in [0.4, 0.5) is 4.79 Å². The molecule has 1 aliphatic heterocycles. The molecule has 2 N–H and O–H groups in total. The molecule has 17 heavy (non-hydrogen) atoms. The highest BCUT2D eigenvalue weighted by atomic mass is 32.2. The third kappa shape index (κ3) is 3.83. The lowest BCUT2D eigenvalue weighted by molar-refractivity contribution is 0.171. The van der Waals surface area contributed by atoms with Crippen LogP contribution in [0.3, 0.4) is 0 Å². The Labute approximate surface area is 101 Å². The van der Waals surface area contributed by atoms with Crippen LogP contribution >= 0.6 is 0 Å². The first-order valence-electron chi connectivity index (χ1n) is 5.49. The molecular weight excluding hydrogens is 248 g/mol. The minimum atomic E-state index is -3.93. The molecule has 1 aliphatic rings. The normalized spacial score (nSPS) is 22.8. The Kier molecular flexibility index (Phi) is 5.16. The van der Waals surface area contributed by atoms with Gasteiger partial charge in [-0.1, -0.05) is 12.8 Å². The Morgan fingerprint density at radius 1 is 1.47 bits per heavy atom. The van der Waals surface area contributed by atoms with E-state index in [0.29, 0.717) is 13.0 Å². The zero-order chi connectivity index (χ0) is 12.9. The maximum atomic E-state index is 11.9. The Hall–Kier alpha value is -0.860. The average molecular weight is 266 g/mol. The summed E-state index contributed by atoms with van der Waals surface area (Å²) >= 11 is 0. The van der Waals surface area contributed by atoms with Gasteiger partial charge >= 0.3 is 16.3 Å². The molecule has 1 fully saturated rings. The van der Waals surface area contributed by atoms with Crippen molar-refractivity contribution in [2.75, 3.05) is 20.3 Å². The lowest BCUT2D eigenvalue weighted by atomic mass is 10.1. The number of hydrogen-bond donors (Lipinski definition) is 2. The van der Waals surface area contributed by atoms with Gasteiger partial charge in [0, 0.05) is 12.6 Å². The summed E-state index contributed by atoms with van der Waals surface area (Å²) in [5, 5.41) is 9.19. The van der Waals surface area contributed by atoms with Gasteiger partial charge in [0.1, 0.15) is 0 Å². The Balaban J connectivity index is 2.82. The van der Waals surface area contributed by atoms with Crippen LogP contribution < -0.4 is 4.72 Å². The van der Waals surface area contributed by atoms with Crippen LogP contribution in [0.2, 0.25) is 0 Å². The molecule has 0 aliphatic carbocycles. The molecular formula is C9H18N2O5S. The lowest BCUT2D eigenvalue weighted by Crippen LogP contribution is -2.49. The van der Waals surface area contributed by atoms with E-state index in [2.05, 4.69) is 4.74 Å². The highest BCUT2D eigenvalue weighted by Gasteiger charge is 2.32. The zero-order valence-corrected chi connectivity index (χ0v) is 10.6. The van der Waals surface area contributed by atoms with E-state index < -0.39 is 22.3 Å². The zero-order valence-electron chi connectivity index (χ0n) is 9.76. The monoisotopic (exact) mass is 266 g/mol. The molecule has 0 aromatic heterocycles. The van der Waals surface area contributed by atoms with Crippen LogP contribution in [0.25, 0.3) is 0 Å². The number of ether oxygens (including phenoxy) is 1. The van der Waals surface area contributed by atoms with E-state index in [1.165, 1.54) is 0 Å². The Morgan fingerprint density at radius 2 is 2.18 bits per heavy atom. The molecule has 0 aromatic rings. The third-order valence-corrected chi connectivity index (χ3v) is 4.26. The highest BCUT2D eigenvalue weighted by molar-refractivity contribution is 7.87. The first-order valence-corrected chi connectivity index (χ1v) is 6.93. The van der Waals surface area contributed by atoms with E-state index in [-0.39, 0.29) is 6.61 Å². The molecule has 1 amide bonds. The lowest BCUT2D eigenvalue weighted by Gasteiger charge is -2.27. The topological polar surface area (TPSA) is 95.9 Å². The largest absolute Gasteiger partial charge is 0.452 e. The molecule has 0 aromatic carbocycles. The number of hydrogen-bond acceptors (Lipinski definition) is 5. The van der Waals surface area contributed by atoms with Gasteiger partial charge in [-0.15, -0.1) is 0 Å². The molecule has 0 saturated carbocycles. The van der Waals surface area contributed by atoms with E-state index in [1.807, 2.05) is 0 Å². The summed E-state index contributed by atoms with van der Waals surface area (Å²) in [6.45, 7) is 0.0552. The predicted molar refractivity (Wildman–Crippen MR) is 60.5 cm³/mol. The minimum Gasteiger partial charge on any atom is -0.452 e. The van der Waals surface area contributed by atoms with Crippen LogP contribution in [-0.2, 0) is 14.9 Å². The summed E-state index contributed by atoms with van der Waals surface area (Å²) in [4.78, 5) is 10.9. The number of amides is 1. The van der Waals surface area contributed by atoms with Gasteiger partial charge in [0.2, 0.25) is 0 Å². The summed E-state index contributed by atoms with van der Waals surface area (Å²) in [5.74, 6) is 0. The molecule has 1 saturated heterocycles. The van der Waals surface area contributed by atoms with Crippen molar-refractivity contribution in [1.29, 1.82) is 0 Å². The number of aliphatic hydroxyl groups excluding tert-OH is 1. The maximum absolute atomic E-state index is 11.9. The van der Waals surface area contributed by atoms with Crippen molar-refractivity contribution in [2.45, 2.75) is 31.7 Å². The second-order valence-corrected chi connectivity index (χ2v) is 5.52. The summed E-state index contributed by atoms with van der Waals surface area (Å²) in [6, 6.07) is -0.473. The molecule has 1 heterocycles. The van der Waals surface area contributed by atoms with Crippen molar-refractivity contribution in [1.82, 2.24) is 9.03 Å². The Morgan fingerprint density at radius 3 is 2.76 bits per heavy atom. The van der Waals surface area contributed by atoms with Gasteiger partial charge in [0.05, 0.1) is 13.7 Å². The molecule has 0 spiro atoms. The second-order valence-electron chi connectivity index (χ2n) is 3.90. The van der Waals surface area contributed by atoms with Gasteiger partial charge in [0.25, 0.3) is 0 Å². The quantitative estimate of drug-likeness (QED) is 0.739. The first-order chi connectivity index (χ1) is 8.01. The molecule has 0 bridgehead atoms. The number of nitrogens with zero attached hydrogens (tertiary/aromatic N) is 1. The molecule has 1 atom stereocenters. The summed E-state index contributed by atoms with van der Waals surface area (Å²) in [7, 11) is -2.84. The third-order valence-electron chi connectivity index (χ3n) is 2.74. The minimum absolute atomic E-state index is 0.248. The van der Waals surface area contributed by atoms with Crippen LogP contribution in [-0.4, -0.2) is 50.2 Å². The van der Waals surface area contributed by atoms with Crippen LogP contribution in [0.15, 0.2) is 0 Å². The predicted octanol–water partition coefficient (Wildman–Crippen LogP) is -0.176. The van der Waals surface area contributed by atoms with Crippen molar-refractivity contribution in [2.24, 2.45) is 0 Å². The molecule has 8 heteroatoms. The van der Waals surface area contributed by atoms with E-state index in [1.54, 1.807) is 4.72 Å². The molecule has 7 nitrogen and oxygen atoms in total.